The fourth-order valence-electron chi connectivity index (χ4n) is 2.30. The fraction of sp³-hybridized carbons (Fsp3) is 0.538. The SMILES string of the molecule is CNCC1CCN(C(=O)c2cccnc2)CC1. The monoisotopic (exact) mass is 233 g/mol. The molecule has 2 rings (SSSR count). The summed E-state index contributed by atoms with van der Waals surface area (Å²) in [6.45, 7) is 2.77. The number of hydrogen-bond acceptors (Lipinski definition) is 3. The van der Waals surface area contributed by atoms with Gasteiger partial charge in [-0.15, -0.1) is 0 Å². The van der Waals surface area contributed by atoms with E-state index < -0.39 is 0 Å². The highest BCUT2D eigenvalue weighted by Crippen LogP contribution is 2.18. The predicted octanol–water partition coefficient (Wildman–Crippen LogP) is 1.15. The van der Waals surface area contributed by atoms with Gasteiger partial charge in [0.05, 0.1) is 5.56 Å². The molecule has 1 saturated heterocycles. The minimum absolute atomic E-state index is 0.112. The van der Waals surface area contributed by atoms with Crippen molar-refractivity contribution >= 4 is 5.91 Å². The minimum atomic E-state index is 0.112. The van der Waals surface area contributed by atoms with Crippen molar-refractivity contribution in [3.8, 4) is 0 Å². The zero-order chi connectivity index (χ0) is 12.1. The third kappa shape index (κ3) is 3.03. The molecule has 1 aromatic heterocycles. The van der Waals surface area contributed by atoms with E-state index in [0.717, 1.165) is 32.5 Å². The van der Waals surface area contributed by atoms with Crippen LogP contribution >= 0.6 is 0 Å². The molecule has 0 unspecified atom stereocenters. The van der Waals surface area contributed by atoms with Gasteiger partial charge in [-0.2, -0.15) is 0 Å². The first-order valence-electron chi connectivity index (χ1n) is 6.15. The highest BCUT2D eigenvalue weighted by molar-refractivity contribution is 5.93. The number of likely N-dealkylation sites (tertiary alicyclic amines) is 1. The summed E-state index contributed by atoms with van der Waals surface area (Å²) < 4.78 is 0. The summed E-state index contributed by atoms with van der Waals surface area (Å²) in [5, 5.41) is 3.20. The first kappa shape index (κ1) is 12.0. The van der Waals surface area contributed by atoms with E-state index in [9.17, 15) is 4.79 Å². The number of pyridine rings is 1. The van der Waals surface area contributed by atoms with Gasteiger partial charge in [-0.3, -0.25) is 9.78 Å². The van der Waals surface area contributed by atoms with Gasteiger partial charge in [0.15, 0.2) is 0 Å². The molecule has 1 aliphatic rings. The Morgan fingerprint density at radius 3 is 2.88 bits per heavy atom. The van der Waals surface area contributed by atoms with Gasteiger partial charge in [0.1, 0.15) is 0 Å². The Labute approximate surface area is 102 Å². The van der Waals surface area contributed by atoms with Crippen molar-refractivity contribution in [1.29, 1.82) is 0 Å². The second-order valence-corrected chi connectivity index (χ2v) is 4.53. The van der Waals surface area contributed by atoms with Crippen LogP contribution in [-0.2, 0) is 0 Å². The number of rotatable bonds is 3. The highest BCUT2D eigenvalue weighted by atomic mass is 16.2. The zero-order valence-electron chi connectivity index (χ0n) is 10.2. The van der Waals surface area contributed by atoms with E-state index in [0.29, 0.717) is 11.5 Å². The van der Waals surface area contributed by atoms with E-state index in [1.54, 1.807) is 18.5 Å². The smallest absolute Gasteiger partial charge is 0.255 e. The van der Waals surface area contributed by atoms with Crippen LogP contribution < -0.4 is 5.32 Å². The summed E-state index contributed by atoms with van der Waals surface area (Å²) in [6.07, 6.45) is 5.51. The number of carbonyl (C=O) groups is 1. The van der Waals surface area contributed by atoms with Crippen LogP contribution in [0.1, 0.15) is 23.2 Å². The lowest BCUT2D eigenvalue weighted by Gasteiger charge is -2.31. The number of piperidine rings is 1. The lowest BCUT2D eigenvalue weighted by molar-refractivity contribution is 0.0690. The maximum absolute atomic E-state index is 12.1. The molecule has 92 valence electrons. The molecule has 0 atom stereocenters. The van der Waals surface area contributed by atoms with Crippen molar-refractivity contribution in [3.05, 3.63) is 30.1 Å². The van der Waals surface area contributed by atoms with Gasteiger partial charge in [0.25, 0.3) is 5.91 Å². The van der Waals surface area contributed by atoms with Crippen LogP contribution in [0, 0.1) is 5.92 Å². The van der Waals surface area contributed by atoms with Crippen LogP contribution in [0.3, 0.4) is 0 Å². The van der Waals surface area contributed by atoms with Gasteiger partial charge in [-0.05, 0) is 44.5 Å². The normalized spacial score (nSPS) is 17.1. The van der Waals surface area contributed by atoms with Crippen LogP contribution in [0.2, 0.25) is 0 Å². The van der Waals surface area contributed by atoms with Gasteiger partial charge in [0, 0.05) is 25.5 Å². The average Bonchev–Trinajstić information content (AvgIpc) is 2.40. The lowest BCUT2D eigenvalue weighted by atomic mass is 9.96. The minimum Gasteiger partial charge on any atom is -0.339 e. The van der Waals surface area contributed by atoms with E-state index in [1.807, 2.05) is 18.0 Å². The molecule has 4 nitrogen and oxygen atoms in total. The Kier molecular flexibility index (Phi) is 4.09. The average molecular weight is 233 g/mol. The molecular formula is C13H19N3O. The Morgan fingerprint density at radius 1 is 1.53 bits per heavy atom. The van der Waals surface area contributed by atoms with Gasteiger partial charge in [-0.25, -0.2) is 0 Å². The first-order valence-corrected chi connectivity index (χ1v) is 6.15. The molecule has 2 heterocycles. The zero-order valence-corrected chi connectivity index (χ0v) is 10.2. The molecule has 1 amide bonds. The van der Waals surface area contributed by atoms with Crippen molar-refractivity contribution in [2.24, 2.45) is 5.92 Å². The summed E-state index contributed by atoms with van der Waals surface area (Å²) in [4.78, 5) is 18.1. The Bertz CT molecular complexity index is 358. The number of hydrogen-bond donors (Lipinski definition) is 1. The number of nitrogens with one attached hydrogen (secondary N) is 1. The van der Waals surface area contributed by atoms with Crippen molar-refractivity contribution in [1.82, 2.24) is 15.2 Å². The Morgan fingerprint density at radius 2 is 2.29 bits per heavy atom. The third-order valence-electron chi connectivity index (χ3n) is 3.30. The van der Waals surface area contributed by atoms with E-state index >= 15 is 0 Å². The molecule has 4 heteroatoms. The van der Waals surface area contributed by atoms with Crippen LogP contribution in [0.25, 0.3) is 0 Å². The molecule has 0 saturated carbocycles. The van der Waals surface area contributed by atoms with Gasteiger partial charge >= 0.3 is 0 Å². The molecule has 1 N–H and O–H groups in total. The number of amides is 1. The van der Waals surface area contributed by atoms with Crippen LogP contribution in [0.5, 0.6) is 0 Å². The van der Waals surface area contributed by atoms with E-state index in [-0.39, 0.29) is 5.91 Å². The third-order valence-corrected chi connectivity index (χ3v) is 3.30. The standard InChI is InChI=1S/C13H19N3O/c1-14-9-11-4-7-16(8-5-11)13(17)12-3-2-6-15-10-12/h2-3,6,10-11,14H,4-5,7-9H2,1H3. The van der Waals surface area contributed by atoms with Crippen LogP contribution in [0.4, 0.5) is 0 Å². The first-order chi connectivity index (χ1) is 8.31. The number of nitrogens with zero attached hydrogens (tertiary/aromatic N) is 2. The molecule has 1 fully saturated rings. The predicted molar refractivity (Wildman–Crippen MR) is 66.8 cm³/mol. The highest BCUT2D eigenvalue weighted by Gasteiger charge is 2.23. The van der Waals surface area contributed by atoms with E-state index in [2.05, 4.69) is 10.3 Å². The largest absolute Gasteiger partial charge is 0.339 e. The molecule has 17 heavy (non-hydrogen) atoms. The Hall–Kier alpha value is -1.42. The quantitative estimate of drug-likeness (QED) is 0.852. The number of aromatic nitrogens is 1. The molecule has 0 spiro atoms. The topological polar surface area (TPSA) is 45.2 Å². The molecule has 0 bridgehead atoms. The summed E-state index contributed by atoms with van der Waals surface area (Å²) in [5.74, 6) is 0.818. The van der Waals surface area contributed by atoms with Crippen molar-refractivity contribution in [2.45, 2.75) is 12.8 Å². The Balaban J connectivity index is 1.91. The van der Waals surface area contributed by atoms with Gasteiger partial charge in [-0.1, -0.05) is 0 Å². The molecule has 0 aromatic carbocycles. The molecule has 0 radical (unpaired) electrons. The molecular weight excluding hydrogens is 214 g/mol. The molecule has 1 aliphatic heterocycles. The van der Waals surface area contributed by atoms with Crippen LogP contribution in [-0.4, -0.2) is 42.5 Å². The summed E-state index contributed by atoms with van der Waals surface area (Å²) in [6, 6.07) is 3.63. The maximum atomic E-state index is 12.1. The maximum Gasteiger partial charge on any atom is 0.255 e. The summed E-state index contributed by atoms with van der Waals surface area (Å²) in [5.41, 5.74) is 0.694. The second kappa shape index (κ2) is 5.77. The summed E-state index contributed by atoms with van der Waals surface area (Å²) >= 11 is 0. The molecule has 1 aromatic rings. The van der Waals surface area contributed by atoms with E-state index in [4.69, 9.17) is 0 Å². The fourth-order valence-corrected chi connectivity index (χ4v) is 2.30. The second-order valence-electron chi connectivity index (χ2n) is 4.53. The summed E-state index contributed by atoms with van der Waals surface area (Å²) in [7, 11) is 1.98. The van der Waals surface area contributed by atoms with Crippen molar-refractivity contribution in [2.75, 3.05) is 26.7 Å². The van der Waals surface area contributed by atoms with Crippen molar-refractivity contribution in [3.63, 3.8) is 0 Å². The lowest BCUT2D eigenvalue weighted by Crippen LogP contribution is -2.40. The van der Waals surface area contributed by atoms with Gasteiger partial charge < -0.3 is 10.2 Å². The molecule has 0 aliphatic carbocycles. The number of carbonyl (C=O) groups excluding carboxylic acids is 1. The van der Waals surface area contributed by atoms with Gasteiger partial charge in [0.2, 0.25) is 0 Å². The van der Waals surface area contributed by atoms with E-state index in [1.165, 1.54) is 0 Å². The van der Waals surface area contributed by atoms with Crippen LogP contribution in [0.15, 0.2) is 24.5 Å². The van der Waals surface area contributed by atoms with Crippen molar-refractivity contribution < 1.29 is 4.79 Å².